The van der Waals surface area contributed by atoms with Gasteiger partial charge >= 0.3 is 0 Å². The molecule has 0 saturated heterocycles. The Morgan fingerprint density at radius 2 is 1.78 bits per heavy atom. The second-order valence-corrected chi connectivity index (χ2v) is 6.64. The molecule has 0 aliphatic carbocycles. The van der Waals surface area contributed by atoms with E-state index in [4.69, 9.17) is 39.8 Å². The third-order valence-electron chi connectivity index (χ3n) is 3.52. The first-order valence-electron chi connectivity index (χ1n) is 7.92. The van der Waals surface area contributed by atoms with Gasteiger partial charge in [-0.2, -0.15) is 0 Å². The predicted molar refractivity (Wildman–Crippen MR) is 114 cm³/mol. The van der Waals surface area contributed by atoms with Crippen LogP contribution in [0.4, 0.5) is 5.69 Å². The van der Waals surface area contributed by atoms with E-state index in [-0.39, 0.29) is 5.11 Å². The number of nitrogens with one attached hydrogen (secondary N) is 2. The van der Waals surface area contributed by atoms with Gasteiger partial charge in [0.25, 0.3) is 0 Å². The Morgan fingerprint density at radius 1 is 1.00 bits per heavy atom. The molecule has 1 heterocycles. The maximum Gasteiger partial charge on any atom is 0.250 e. The lowest BCUT2D eigenvalue weighted by Gasteiger charge is -2.10. The number of carbonyl (C=O) groups is 1. The zero-order valence-electron chi connectivity index (χ0n) is 13.9. The molecule has 0 radical (unpaired) electrons. The van der Waals surface area contributed by atoms with Gasteiger partial charge in [-0.25, -0.2) is 0 Å². The second-order valence-electron chi connectivity index (χ2n) is 5.45. The topological polar surface area (TPSA) is 54.3 Å². The fourth-order valence-electron chi connectivity index (χ4n) is 2.27. The first kappa shape index (κ1) is 19.2. The van der Waals surface area contributed by atoms with Gasteiger partial charge in [0.2, 0.25) is 5.91 Å². The number of halogens is 2. The molecule has 0 unspecified atom stereocenters. The highest BCUT2D eigenvalue weighted by molar-refractivity contribution is 7.80. The molecule has 3 aromatic rings. The molecular weight excluding hydrogens is 403 g/mol. The molecule has 0 saturated carbocycles. The van der Waals surface area contributed by atoms with Crippen LogP contribution in [0.3, 0.4) is 0 Å². The average molecular weight is 417 g/mol. The van der Waals surface area contributed by atoms with E-state index in [2.05, 4.69) is 10.6 Å². The normalized spacial score (nSPS) is 10.7. The Bertz CT molecular complexity index is 1000. The van der Waals surface area contributed by atoms with Crippen molar-refractivity contribution in [1.82, 2.24) is 5.32 Å². The van der Waals surface area contributed by atoms with Crippen LogP contribution in [0.1, 0.15) is 5.76 Å². The van der Waals surface area contributed by atoms with Crippen molar-refractivity contribution in [2.24, 2.45) is 0 Å². The number of furan rings is 1. The van der Waals surface area contributed by atoms with Crippen LogP contribution in [0.5, 0.6) is 0 Å². The number of carbonyl (C=O) groups excluding carboxylic acids is 1. The van der Waals surface area contributed by atoms with Crippen LogP contribution >= 0.6 is 35.4 Å². The number of thiocarbonyl (C=S) groups is 1. The Hall–Kier alpha value is -2.60. The van der Waals surface area contributed by atoms with E-state index < -0.39 is 5.91 Å². The molecule has 2 aromatic carbocycles. The molecule has 0 aliphatic rings. The maximum absolute atomic E-state index is 12.0. The van der Waals surface area contributed by atoms with Gasteiger partial charge in [0, 0.05) is 11.6 Å². The monoisotopic (exact) mass is 416 g/mol. The number of amides is 1. The quantitative estimate of drug-likeness (QED) is 0.418. The minimum Gasteiger partial charge on any atom is -0.457 e. The molecule has 2 N–H and O–H groups in total. The Morgan fingerprint density at radius 3 is 2.56 bits per heavy atom. The molecule has 4 nitrogen and oxygen atoms in total. The van der Waals surface area contributed by atoms with E-state index >= 15 is 0 Å². The van der Waals surface area contributed by atoms with Gasteiger partial charge in [-0.3, -0.25) is 10.1 Å². The highest BCUT2D eigenvalue weighted by Crippen LogP contribution is 2.29. The maximum atomic E-state index is 12.0. The minimum absolute atomic E-state index is 0.109. The summed E-state index contributed by atoms with van der Waals surface area (Å²) in [5, 5.41) is 6.20. The summed E-state index contributed by atoms with van der Waals surface area (Å²) in [5.41, 5.74) is 1.47. The summed E-state index contributed by atoms with van der Waals surface area (Å²) in [5.74, 6) is 0.882. The van der Waals surface area contributed by atoms with E-state index in [1.54, 1.807) is 30.3 Å². The molecule has 3 rings (SSSR count). The summed E-state index contributed by atoms with van der Waals surface area (Å²) in [6.45, 7) is 0. The molecule has 1 aromatic heterocycles. The molecule has 0 spiro atoms. The van der Waals surface area contributed by atoms with Crippen molar-refractivity contribution in [2.45, 2.75) is 0 Å². The first-order chi connectivity index (χ1) is 13.0. The lowest BCUT2D eigenvalue weighted by atomic mass is 10.2. The summed E-state index contributed by atoms with van der Waals surface area (Å²) in [6.07, 6.45) is 2.90. The van der Waals surface area contributed by atoms with Crippen LogP contribution in [-0.2, 0) is 4.79 Å². The first-order valence-corrected chi connectivity index (χ1v) is 9.08. The molecule has 0 atom stereocenters. The number of anilines is 1. The van der Waals surface area contributed by atoms with Crippen molar-refractivity contribution in [2.75, 3.05) is 5.32 Å². The SMILES string of the molecule is O=C(/C=C/c1ccc(-c2ccccc2)o1)NC(=S)Nc1cccc(Cl)c1Cl. The molecule has 0 bridgehead atoms. The zero-order valence-corrected chi connectivity index (χ0v) is 16.2. The van der Waals surface area contributed by atoms with Crippen LogP contribution in [0.15, 0.2) is 71.2 Å². The fraction of sp³-hybridized carbons (Fsp3) is 0. The Balaban J connectivity index is 1.58. The third-order valence-corrected chi connectivity index (χ3v) is 4.54. The minimum atomic E-state index is -0.400. The van der Waals surface area contributed by atoms with Gasteiger partial charge in [0.05, 0.1) is 15.7 Å². The number of rotatable bonds is 4. The van der Waals surface area contributed by atoms with Crippen molar-refractivity contribution < 1.29 is 9.21 Å². The van der Waals surface area contributed by atoms with Crippen molar-refractivity contribution in [3.05, 3.63) is 82.5 Å². The fourth-order valence-corrected chi connectivity index (χ4v) is 2.82. The summed E-state index contributed by atoms with van der Waals surface area (Å²) in [6, 6.07) is 18.4. The van der Waals surface area contributed by atoms with Crippen molar-refractivity contribution in [1.29, 1.82) is 0 Å². The van der Waals surface area contributed by atoms with Crippen molar-refractivity contribution in [3.63, 3.8) is 0 Å². The molecule has 0 fully saturated rings. The molecular formula is C20H14Cl2N2O2S. The van der Waals surface area contributed by atoms with Crippen LogP contribution in [0.25, 0.3) is 17.4 Å². The summed E-state index contributed by atoms with van der Waals surface area (Å²) in [7, 11) is 0. The molecule has 0 aliphatic heterocycles. The van der Waals surface area contributed by atoms with Gasteiger partial charge in [-0.15, -0.1) is 0 Å². The van der Waals surface area contributed by atoms with Gasteiger partial charge in [0.15, 0.2) is 5.11 Å². The van der Waals surface area contributed by atoms with Gasteiger partial charge in [-0.1, -0.05) is 59.6 Å². The average Bonchev–Trinajstić information content (AvgIpc) is 3.14. The van der Waals surface area contributed by atoms with E-state index in [1.807, 2.05) is 36.4 Å². The second kappa shape index (κ2) is 8.86. The number of benzene rings is 2. The van der Waals surface area contributed by atoms with Gasteiger partial charge < -0.3 is 9.73 Å². The molecule has 136 valence electrons. The highest BCUT2D eigenvalue weighted by Gasteiger charge is 2.08. The van der Waals surface area contributed by atoms with Crippen LogP contribution in [0.2, 0.25) is 10.0 Å². The van der Waals surface area contributed by atoms with Crippen LogP contribution in [-0.4, -0.2) is 11.0 Å². The van der Waals surface area contributed by atoms with Crippen LogP contribution < -0.4 is 10.6 Å². The summed E-state index contributed by atoms with van der Waals surface area (Å²) in [4.78, 5) is 12.0. The Kier molecular flexibility index (Phi) is 6.29. The highest BCUT2D eigenvalue weighted by atomic mass is 35.5. The third kappa shape index (κ3) is 5.20. The van der Waals surface area contributed by atoms with Crippen LogP contribution in [0, 0.1) is 0 Å². The van der Waals surface area contributed by atoms with E-state index in [0.29, 0.717) is 21.5 Å². The summed E-state index contributed by atoms with van der Waals surface area (Å²) >= 11 is 17.1. The molecule has 27 heavy (non-hydrogen) atoms. The van der Waals surface area contributed by atoms with Crippen molar-refractivity contribution in [3.8, 4) is 11.3 Å². The van der Waals surface area contributed by atoms with Crippen molar-refractivity contribution >= 4 is 58.2 Å². The van der Waals surface area contributed by atoms with E-state index in [9.17, 15) is 4.79 Å². The van der Waals surface area contributed by atoms with Gasteiger partial charge in [0.1, 0.15) is 11.5 Å². The number of hydrogen-bond donors (Lipinski definition) is 2. The van der Waals surface area contributed by atoms with Gasteiger partial charge in [-0.05, 0) is 42.6 Å². The molecule has 1 amide bonds. The lowest BCUT2D eigenvalue weighted by Crippen LogP contribution is -2.32. The Labute approximate surface area is 171 Å². The lowest BCUT2D eigenvalue weighted by molar-refractivity contribution is -0.115. The summed E-state index contributed by atoms with van der Waals surface area (Å²) < 4.78 is 5.70. The molecule has 7 heteroatoms. The van der Waals surface area contributed by atoms with E-state index in [1.165, 1.54) is 6.08 Å². The standard InChI is InChI=1S/C20H14Cl2N2O2S/c21-15-7-4-8-16(19(15)22)23-20(27)24-18(25)12-10-14-9-11-17(26-14)13-5-2-1-3-6-13/h1-12H,(H2,23,24,25,27)/b12-10+. The largest absolute Gasteiger partial charge is 0.457 e. The smallest absolute Gasteiger partial charge is 0.250 e. The van der Waals surface area contributed by atoms with E-state index in [0.717, 1.165) is 11.3 Å². The predicted octanol–water partition coefficient (Wildman–Crippen LogP) is 5.78. The zero-order chi connectivity index (χ0) is 19.2. The number of hydrogen-bond acceptors (Lipinski definition) is 3.